The Kier molecular flexibility index (Phi) is 4.03. The summed E-state index contributed by atoms with van der Waals surface area (Å²) >= 11 is 0. The standard InChI is InChI=1S/C18H23N3O2/c1-11(22)20-10-18(2,3)17-13-7-8-23-16(13)14-9-12(19-4)5-6-15(14)21-17/h5-6,9,13,16-17,21H,7-8,10H2,1-3H3,(H,20,22)/t13-,16?,17+/m1/s1. The Morgan fingerprint density at radius 3 is 3.00 bits per heavy atom. The molecule has 0 radical (unpaired) electrons. The van der Waals surface area contributed by atoms with Gasteiger partial charge in [0.25, 0.3) is 0 Å². The smallest absolute Gasteiger partial charge is 0.216 e. The van der Waals surface area contributed by atoms with E-state index in [0.717, 1.165) is 24.3 Å². The third kappa shape index (κ3) is 2.91. The number of nitrogens with one attached hydrogen (secondary N) is 2. The Balaban J connectivity index is 1.92. The second-order valence-corrected chi connectivity index (χ2v) is 7.15. The molecule has 1 aromatic rings. The molecule has 0 saturated carbocycles. The van der Waals surface area contributed by atoms with Crippen molar-refractivity contribution in [2.45, 2.75) is 39.3 Å². The lowest BCUT2D eigenvalue weighted by Gasteiger charge is -2.45. The average molecular weight is 313 g/mol. The summed E-state index contributed by atoms with van der Waals surface area (Å²) in [7, 11) is 0. The van der Waals surface area contributed by atoms with Crippen LogP contribution in [0.2, 0.25) is 0 Å². The Labute approximate surface area is 137 Å². The number of fused-ring (bicyclic) bond motifs is 3. The van der Waals surface area contributed by atoms with Gasteiger partial charge in [-0.1, -0.05) is 19.9 Å². The number of carbonyl (C=O) groups is 1. The summed E-state index contributed by atoms with van der Waals surface area (Å²) in [6.45, 7) is 14.5. The zero-order valence-corrected chi connectivity index (χ0v) is 13.8. The third-order valence-corrected chi connectivity index (χ3v) is 4.98. The number of anilines is 1. The zero-order valence-electron chi connectivity index (χ0n) is 13.8. The first kappa shape index (κ1) is 15.8. The molecule has 1 aromatic carbocycles. The van der Waals surface area contributed by atoms with Gasteiger partial charge in [-0.2, -0.15) is 0 Å². The Hall–Kier alpha value is -2.06. The number of nitrogens with zero attached hydrogens (tertiary/aromatic N) is 1. The monoisotopic (exact) mass is 313 g/mol. The molecule has 1 amide bonds. The van der Waals surface area contributed by atoms with Gasteiger partial charge in [0.2, 0.25) is 5.91 Å². The summed E-state index contributed by atoms with van der Waals surface area (Å²) in [4.78, 5) is 14.8. The highest BCUT2D eigenvalue weighted by Gasteiger charge is 2.46. The van der Waals surface area contributed by atoms with Crippen molar-refractivity contribution in [2.24, 2.45) is 11.3 Å². The minimum atomic E-state index is -0.0988. The van der Waals surface area contributed by atoms with Crippen molar-refractivity contribution < 1.29 is 9.53 Å². The number of amides is 1. The van der Waals surface area contributed by atoms with Gasteiger partial charge in [0, 0.05) is 43.1 Å². The van der Waals surface area contributed by atoms with Crippen LogP contribution in [-0.4, -0.2) is 25.1 Å². The van der Waals surface area contributed by atoms with E-state index in [9.17, 15) is 4.79 Å². The number of rotatable bonds is 3. The van der Waals surface area contributed by atoms with Gasteiger partial charge >= 0.3 is 0 Å². The maximum Gasteiger partial charge on any atom is 0.216 e. The molecule has 0 aromatic heterocycles. The summed E-state index contributed by atoms with van der Waals surface area (Å²) in [6.07, 6.45) is 1.03. The van der Waals surface area contributed by atoms with E-state index < -0.39 is 0 Å². The van der Waals surface area contributed by atoms with Crippen LogP contribution in [0.25, 0.3) is 4.85 Å². The van der Waals surface area contributed by atoms with E-state index in [4.69, 9.17) is 11.3 Å². The summed E-state index contributed by atoms with van der Waals surface area (Å²) in [5.74, 6) is 0.349. The molecule has 1 unspecified atom stereocenters. The van der Waals surface area contributed by atoms with Crippen LogP contribution in [0.3, 0.4) is 0 Å². The van der Waals surface area contributed by atoms with Crippen molar-refractivity contribution in [3.05, 3.63) is 35.2 Å². The summed E-state index contributed by atoms with van der Waals surface area (Å²) in [5.41, 5.74) is 2.68. The van der Waals surface area contributed by atoms with Crippen LogP contribution in [0, 0.1) is 17.9 Å². The number of hydrogen-bond acceptors (Lipinski definition) is 3. The van der Waals surface area contributed by atoms with Crippen molar-refractivity contribution in [2.75, 3.05) is 18.5 Å². The quantitative estimate of drug-likeness (QED) is 0.842. The summed E-state index contributed by atoms with van der Waals surface area (Å²) in [6, 6.07) is 5.97. The highest BCUT2D eigenvalue weighted by molar-refractivity contribution is 5.72. The molecule has 1 saturated heterocycles. The largest absolute Gasteiger partial charge is 0.381 e. The van der Waals surface area contributed by atoms with Crippen LogP contribution >= 0.6 is 0 Å². The number of hydrogen-bond donors (Lipinski definition) is 2. The van der Waals surface area contributed by atoms with E-state index in [2.05, 4.69) is 29.3 Å². The second kappa shape index (κ2) is 5.86. The Bertz CT molecular complexity index is 663. The first-order chi connectivity index (χ1) is 10.9. The SMILES string of the molecule is [C-]#[N+]c1ccc2c(c1)C1OCC[C@H]1[C@@H](C(C)(C)CNC(C)=O)N2. The molecule has 0 aliphatic carbocycles. The van der Waals surface area contributed by atoms with Crippen molar-refractivity contribution in [3.8, 4) is 0 Å². The van der Waals surface area contributed by atoms with E-state index in [-0.39, 0.29) is 23.5 Å². The summed E-state index contributed by atoms with van der Waals surface area (Å²) in [5, 5.41) is 6.60. The van der Waals surface area contributed by atoms with E-state index in [1.807, 2.05) is 18.2 Å². The van der Waals surface area contributed by atoms with Gasteiger partial charge in [0.15, 0.2) is 5.69 Å². The fraction of sp³-hybridized carbons (Fsp3) is 0.556. The minimum absolute atomic E-state index is 0.00444. The number of carbonyl (C=O) groups excluding carboxylic acids is 1. The number of ether oxygens (including phenoxy) is 1. The lowest BCUT2D eigenvalue weighted by atomic mass is 9.71. The Morgan fingerprint density at radius 1 is 1.52 bits per heavy atom. The molecule has 2 heterocycles. The molecule has 2 N–H and O–H groups in total. The van der Waals surface area contributed by atoms with Gasteiger partial charge in [-0.05, 0) is 24.1 Å². The highest BCUT2D eigenvalue weighted by Crippen LogP contribution is 2.49. The van der Waals surface area contributed by atoms with Crippen LogP contribution in [0.5, 0.6) is 0 Å². The molecule has 2 aliphatic rings. The lowest BCUT2D eigenvalue weighted by Crippen LogP contribution is -2.50. The van der Waals surface area contributed by atoms with Crippen molar-refractivity contribution in [1.29, 1.82) is 0 Å². The van der Waals surface area contributed by atoms with Crippen molar-refractivity contribution in [1.82, 2.24) is 5.32 Å². The van der Waals surface area contributed by atoms with E-state index in [0.29, 0.717) is 18.2 Å². The van der Waals surface area contributed by atoms with Crippen LogP contribution in [0.1, 0.15) is 38.9 Å². The molecule has 5 nitrogen and oxygen atoms in total. The van der Waals surface area contributed by atoms with Gasteiger partial charge in [-0.3, -0.25) is 4.79 Å². The van der Waals surface area contributed by atoms with Crippen LogP contribution in [0.15, 0.2) is 18.2 Å². The highest BCUT2D eigenvalue weighted by atomic mass is 16.5. The van der Waals surface area contributed by atoms with E-state index >= 15 is 0 Å². The molecule has 0 bridgehead atoms. The lowest BCUT2D eigenvalue weighted by molar-refractivity contribution is -0.119. The normalized spacial score (nSPS) is 25.7. The molecule has 5 heteroatoms. The van der Waals surface area contributed by atoms with Gasteiger partial charge in [-0.25, -0.2) is 4.85 Å². The first-order valence-corrected chi connectivity index (χ1v) is 8.06. The minimum Gasteiger partial charge on any atom is -0.381 e. The van der Waals surface area contributed by atoms with Gasteiger partial charge < -0.3 is 15.4 Å². The van der Waals surface area contributed by atoms with E-state index in [1.165, 1.54) is 0 Å². The molecule has 3 atom stereocenters. The molecule has 3 rings (SSSR count). The fourth-order valence-corrected chi connectivity index (χ4v) is 3.77. The second-order valence-electron chi connectivity index (χ2n) is 7.15. The molecular formula is C18H23N3O2. The maximum absolute atomic E-state index is 11.3. The van der Waals surface area contributed by atoms with Crippen molar-refractivity contribution in [3.63, 3.8) is 0 Å². The van der Waals surface area contributed by atoms with Gasteiger partial charge in [0.05, 0.1) is 12.7 Å². The van der Waals surface area contributed by atoms with Crippen molar-refractivity contribution >= 4 is 17.3 Å². The first-order valence-electron chi connectivity index (χ1n) is 8.06. The predicted octanol–water partition coefficient (Wildman–Crippen LogP) is 3.27. The van der Waals surface area contributed by atoms with Crippen LogP contribution in [-0.2, 0) is 9.53 Å². The number of benzene rings is 1. The topological polar surface area (TPSA) is 54.7 Å². The molecule has 23 heavy (non-hydrogen) atoms. The zero-order chi connectivity index (χ0) is 16.6. The maximum atomic E-state index is 11.3. The summed E-state index contributed by atoms with van der Waals surface area (Å²) < 4.78 is 6.00. The predicted molar refractivity (Wildman–Crippen MR) is 89.4 cm³/mol. The average Bonchev–Trinajstić information content (AvgIpc) is 3.01. The molecule has 2 aliphatic heterocycles. The van der Waals surface area contributed by atoms with Gasteiger partial charge in [-0.15, -0.1) is 0 Å². The van der Waals surface area contributed by atoms with Gasteiger partial charge in [0.1, 0.15) is 0 Å². The van der Waals surface area contributed by atoms with Crippen LogP contribution < -0.4 is 10.6 Å². The third-order valence-electron chi connectivity index (χ3n) is 4.98. The fourth-order valence-electron chi connectivity index (χ4n) is 3.77. The Morgan fingerprint density at radius 2 is 2.30 bits per heavy atom. The van der Waals surface area contributed by atoms with Crippen LogP contribution in [0.4, 0.5) is 11.4 Å². The van der Waals surface area contributed by atoms with E-state index in [1.54, 1.807) is 6.92 Å². The molecule has 0 spiro atoms. The molecule has 122 valence electrons. The molecule has 1 fully saturated rings. The molecular weight excluding hydrogens is 290 g/mol.